The van der Waals surface area contributed by atoms with Crippen molar-refractivity contribution in [2.24, 2.45) is 5.92 Å². The van der Waals surface area contributed by atoms with E-state index in [2.05, 4.69) is 15.0 Å². The smallest absolute Gasteiger partial charge is 0.350 e. The number of halogens is 3. The Kier molecular flexibility index (Phi) is 4.05. The van der Waals surface area contributed by atoms with Crippen LogP contribution in [0.1, 0.15) is 20.3 Å². The van der Waals surface area contributed by atoms with Gasteiger partial charge in [0.15, 0.2) is 5.82 Å². The van der Waals surface area contributed by atoms with Gasteiger partial charge in [0.2, 0.25) is 0 Å². The van der Waals surface area contributed by atoms with E-state index in [9.17, 15) is 13.2 Å². The highest BCUT2D eigenvalue weighted by molar-refractivity contribution is 5.91. The lowest BCUT2D eigenvalue weighted by Gasteiger charge is -2.38. The fourth-order valence-electron chi connectivity index (χ4n) is 3.93. The standard InChI is InChI=1S/C20H19F3N4/c1-19(2)16(20(21,22)23)9-12-27(19)18-14-5-3-4-6-15(14)25-17(26-18)13-7-10-24-11-8-13/h3-8,10-11,16H,9,12H2,1-2H3/t16-/m1/s1. The van der Waals surface area contributed by atoms with Crippen molar-refractivity contribution in [1.82, 2.24) is 15.0 Å². The van der Waals surface area contributed by atoms with Crippen LogP contribution < -0.4 is 4.90 Å². The molecule has 1 aliphatic rings. The Labute approximate surface area is 155 Å². The van der Waals surface area contributed by atoms with Crippen molar-refractivity contribution in [2.45, 2.75) is 32.0 Å². The SMILES string of the molecule is CC1(C)[C@H](C(F)(F)F)CCN1c1nc(-c2ccncc2)nc2ccccc12. The second-order valence-corrected chi connectivity index (χ2v) is 7.31. The molecule has 1 fully saturated rings. The van der Waals surface area contributed by atoms with Gasteiger partial charge in [-0.1, -0.05) is 12.1 Å². The zero-order valence-electron chi connectivity index (χ0n) is 15.0. The number of benzene rings is 1. The normalized spacial score (nSPS) is 19.6. The van der Waals surface area contributed by atoms with Crippen LogP contribution in [-0.2, 0) is 0 Å². The van der Waals surface area contributed by atoms with Crippen LogP contribution in [0.25, 0.3) is 22.3 Å². The largest absolute Gasteiger partial charge is 0.394 e. The fraction of sp³-hybridized carbons (Fsp3) is 0.350. The van der Waals surface area contributed by atoms with Crippen molar-refractivity contribution < 1.29 is 13.2 Å². The average Bonchev–Trinajstić information content (AvgIpc) is 2.96. The van der Waals surface area contributed by atoms with Gasteiger partial charge in [-0.2, -0.15) is 13.2 Å². The van der Waals surface area contributed by atoms with Crippen molar-refractivity contribution in [1.29, 1.82) is 0 Å². The molecule has 3 heterocycles. The molecule has 1 atom stereocenters. The fourth-order valence-corrected chi connectivity index (χ4v) is 3.93. The van der Waals surface area contributed by atoms with E-state index < -0.39 is 17.6 Å². The molecule has 1 aromatic carbocycles. The van der Waals surface area contributed by atoms with Crippen LogP contribution in [0.2, 0.25) is 0 Å². The Balaban J connectivity index is 1.89. The lowest BCUT2D eigenvalue weighted by Crippen LogP contribution is -2.47. The third-order valence-corrected chi connectivity index (χ3v) is 5.36. The summed E-state index contributed by atoms with van der Waals surface area (Å²) in [6.45, 7) is 3.58. The predicted molar refractivity (Wildman–Crippen MR) is 98.4 cm³/mol. The minimum atomic E-state index is -4.24. The number of anilines is 1. The monoisotopic (exact) mass is 372 g/mol. The first-order valence-corrected chi connectivity index (χ1v) is 8.80. The van der Waals surface area contributed by atoms with Crippen molar-refractivity contribution in [3.8, 4) is 11.4 Å². The van der Waals surface area contributed by atoms with E-state index >= 15 is 0 Å². The van der Waals surface area contributed by atoms with Gasteiger partial charge in [0.25, 0.3) is 0 Å². The summed E-state index contributed by atoms with van der Waals surface area (Å²) in [5.41, 5.74) is 0.396. The van der Waals surface area contributed by atoms with Gasteiger partial charge in [-0.05, 0) is 44.5 Å². The Bertz CT molecular complexity index is 970. The highest BCUT2D eigenvalue weighted by Crippen LogP contribution is 2.47. The molecule has 0 N–H and O–H groups in total. The number of pyridine rings is 1. The third-order valence-electron chi connectivity index (χ3n) is 5.36. The molecule has 0 bridgehead atoms. The maximum absolute atomic E-state index is 13.5. The van der Waals surface area contributed by atoms with E-state index in [4.69, 9.17) is 0 Å². The number of para-hydroxylation sites is 1. The van der Waals surface area contributed by atoms with Gasteiger partial charge in [-0.15, -0.1) is 0 Å². The topological polar surface area (TPSA) is 41.9 Å². The number of aromatic nitrogens is 3. The van der Waals surface area contributed by atoms with Crippen LogP contribution in [0.5, 0.6) is 0 Å². The van der Waals surface area contributed by atoms with E-state index in [-0.39, 0.29) is 6.42 Å². The Morgan fingerprint density at radius 1 is 1.04 bits per heavy atom. The van der Waals surface area contributed by atoms with Crippen LogP contribution in [-0.4, -0.2) is 33.2 Å². The summed E-state index contributed by atoms with van der Waals surface area (Å²) in [6.07, 6.45) is -0.894. The molecule has 1 aliphatic heterocycles. The van der Waals surface area contributed by atoms with Crippen LogP contribution in [0.3, 0.4) is 0 Å². The molecular weight excluding hydrogens is 353 g/mol. The summed E-state index contributed by atoms with van der Waals surface area (Å²) in [7, 11) is 0. The molecule has 0 spiro atoms. The number of hydrogen-bond donors (Lipinski definition) is 0. The highest BCUT2D eigenvalue weighted by Gasteiger charge is 2.55. The van der Waals surface area contributed by atoms with E-state index in [1.807, 2.05) is 24.3 Å². The Morgan fingerprint density at radius 3 is 2.41 bits per heavy atom. The van der Waals surface area contributed by atoms with E-state index in [1.54, 1.807) is 43.3 Å². The second-order valence-electron chi connectivity index (χ2n) is 7.31. The summed E-state index contributed by atoms with van der Waals surface area (Å²) >= 11 is 0. The average molecular weight is 372 g/mol. The molecule has 1 saturated heterocycles. The zero-order valence-corrected chi connectivity index (χ0v) is 15.0. The number of fused-ring (bicyclic) bond motifs is 1. The molecule has 3 aromatic rings. The van der Waals surface area contributed by atoms with Crippen LogP contribution in [0.4, 0.5) is 19.0 Å². The molecule has 4 rings (SSSR count). The van der Waals surface area contributed by atoms with Gasteiger partial charge >= 0.3 is 6.18 Å². The van der Waals surface area contributed by atoms with Crippen LogP contribution in [0.15, 0.2) is 48.8 Å². The minimum absolute atomic E-state index is 0.0550. The minimum Gasteiger partial charge on any atom is -0.350 e. The molecule has 7 heteroatoms. The zero-order chi connectivity index (χ0) is 19.2. The lowest BCUT2D eigenvalue weighted by molar-refractivity contribution is -0.183. The second kappa shape index (κ2) is 6.18. The summed E-state index contributed by atoms with van der Waals surface area (Å²) < 4.78 is 40.6. The molecular formula is C20H19F3N4. The summed E-state index contributed by atoms with van der Waals surface area (Å²) in [5.74, 6) is -0.371. The molecule has 0 amide bonds. The van der Waals surface area contributed by atoms with Crippen molar-refractivity contribution in [3.63, 3.8) is 0 Å². The Hall–Kier alpha value is -2.70. The molecule has 0 aliphatic carbocycles. The van der Waals surface area contributed by atoms with Crippen LogP contribution in [0, 0.1) is 5.92 Å². The first-order chi connectivity index (χ1) is 12.8. The van der Waals surface area contributed by atoms with E-state index in [0.29, 0.717) is 23.7 Å². The molecule has 0 radical (unpaired) electrons. The van der Waals surface area contributed by atoms with Crippen molar-refractivity contribution >= 4 is 16.7 Å². The quantitative estimate of drug-likeness (QED) is 0.644. The van der Waals surface area contributed by atoms with Gasteiger partial charge in [-0.3, -0.25) is 4.98 Å². The summed E-state index contributed by atoms with van der Waals surface area (Å²) in [4.78, 5) is 15.1. The number of rotatable bonds is 2. The highest BCUT2D eigenvalue weighted by atomic mass is 19.4. The van der Waals surface area contributed by atoms with Gasteiger partial charge in [0, 0.05) is 35.4 Å². The third kappa shape index (κ3) is 3.01. The van der Waals surface area contributed by atoms with Gasteiger partial charge in [0.1, 0.15) is 5.82 Å². The first-order valence-electron chi connectivity index (χ1n) is 8.80. The number of nitrogens with zero attached hydrogens (tertiary/aromatic N) is 4. The summed E-state index contributed by atoms with van der Waals surface area (Å²) in [6, 6.07) is 11.0. The Morgan fingerprint density at radius 2 is 1.74 bits per heavy atom. The van der Waals surface area contributed by atoms with Crippen LogP contribution >= 0.6 is 0 Å². The predicted octanol–water partition coefficient (Wildman–Crippen LogP) is 4.86. The van der Waals surface area contributed by atoms with Gasteiger partial charge in [-0.25, -0.2) is 9.97 Å². The molecule has 4 nitrogen and oxygen atoms in total. The number of hydrogen-bond acceptors (Lipinski definition) is 4. The van der Waals surface area contributed by atoms with Crippen molar-refractivity contribution in [2.75, 3.05) is 11.4 Å². The maximum atomic E-state index is 13.5. The molecule has 0 unspecified atom stereocenters. The maximum Gasteiger partial charge on any atom is 0.394 e. The summed E-state index contributed by atoms with van der Waals surface area (Å²) in [5, 5.41) is 0.756. The lowest BCUT2D eigenvalue weighted by atomic mass is 9.88. The number of alkyl halides is 3. The molecule has 0 saturated carbocycles. The molecule has 27 heavy (non-hydrogen) atoms. The van der Waals surface area contributed by atoms with E-state index in [0.717, 1.165) is 10.9 Å². The van der Waals surface area contributed by atoms with Gasteiger partial charge in [0.05, 0.1) is 11.4 Å². The molecule has 2 aromatic heterocycles. The first kappa shape index (κ1) is 17.7. The van der Waals surface area contributed by atoms with Gasteiger partial charge < -0.3 is 4.90 Å². The molecule has 140 valence electrons. The van der Waals surface area contributed by atoms with E-state index in [1.165, 1.54) is 0 Å². The van der Waals surface area contributed by atoms with Crippen molar-refractivity contribution in [3.05, 3.63) is 48.8 Å².